The molecular weight excluding hydrogens is 488 g/mol. The Hall–Kier alpha value is -4.20. The van der Waals surface area contributed by atoms with Crippen LogP contribution in [0.1, 0.15) is 37.7 Å². The number of hydrogen-bond donors (Lipinski definition) is 7. The summed E-state index contributed by atoms with van der Waals surface area (Å²) in [6, 6.07) is 0.760. The van der Waals surface area contributed by atoms with Crippen LogP contribution in [0.5, 0.6) is 5.75 Å². The number of nitrogens with zero attached hydrogens (tertiary/aromatic N) is 1. The van der Waals surface area contributed by atoms with Crippen LogP contribution in [0.15, 0.2) is 24.3 Å². The number of nitrogens with two attached hydrogens (primary N) is 3. The summed E-state index contributed by atoms with van der Waals surface area (Å²) >= 11 is 0. The van der Waals surface area contributed by atoms with Crippen molar-refractivity contribution >= 4 is 35.5 Å². The van der Waals surface area contributed by atoms with Gasteiger partial charge < -0.3 is 42.9 Å². The topological polar surface area (TPSA) is 248 Å². The predicted molar refractivity (Wildman–Crippen MR) is 128 cm³/mol. The summed E-state index contributed by atoms with van der Waals surface area (Å²) in [5.74, 6) is -5.16. The molecule has 2 rings (SSSR count). The molecule has 0 aliphatic carbocycles. The van der Waals surface area contributed by atoms with E-state index in [1.807, 2.05) is 0 Å². The number of carbonyl (C=O) groups is 6. The van der Waals surface area contributed by atoms with Crippen LogP contribution in [0.4, 0.5) is 0 Å². The van der Waals surface area contributed by atoms with Gasteiger partial charge in [0.1, 0.15) is 23.9 Å². The summed E-state index contributed by atoms with van der Waals surface area (Å²) < 4.78 is 0. The summed E-state index contributed by atoms with van der Waals surface area (Å²) in [6.07, 6.45) is -0.0956. The van der Waals surface area contributed by atoms with E-state index in [-0.39, 0.29) is 38.0 Å². The van der Waals surface area contributed by atoms with E-state index in [0.717, 1.165) is 0 Å². The standard InChI is InChI=1S/C23H32N6O8/c24-14(7-8-18(25)31)22(35)29-9-1-2-17(29)21(34)27-15(11-19(26)32)20(33)28-16(23(36)37)10-12-3-5-13(30)6-4-12/h3-6,14-17,30H,1-2,7-11,24H2,(H2,25,31)(H2,26,32)(H,27,34)(H,28,33)(H,36,37). The number of aromatic hydroxyl groups is 1. The lowest BCUT2D eigenvalue weighted by atomic mass is 10.0. The lowest BCUT2D eigenvalue weighted by Crippen LogP contribution is -2.57. The Bertz CT molecular complexity index is 1030. The fraction of sp³-hybridized carbons (Fsp3) is 0.478. The van der Waals surface area contributed by atoms with E-state index >= 15 is 0 Å². The van der Waals surface area contributed by atoms with Crippen LogP contribution < -0.4 is 27.8 Å². The summed E-state index contributed by atoms with van der Waals surface area (Å²) in [6.45, 7) is 0.224. The van der Waals surface area contributed by atoms with Crippen LogP contribution in [-0.4, -0.2) is 81.3 Å². The molecule has 0 saturated carbocycles. The monoisotopic (exact) mass is 520 g/mol. The van der Waals surface area contributed by atoms with E-state index in [0.29, 0.717) is 12.0 Å². The molecule has 202 valence electrons. The highest BCUT2D eigenvalue weighted by atomic mass is 16.4. The van der Waals surface area contributed by atoms with Crippen LogP contribution in [-0.2, 0) is 35.2 Å². The fourth-order valence-electron chi connectivity index (χ4n) is 3.96. The fourth-order valence-corrected chi connectivity index (χ4v) is 3.96. The second kappa shape index (κ2) is 13.2. The number of likely N-dealkylation sites (tertiary alicyclic amines) is 1. The number of carbonyl (C=O) groups excluding carboxylic acids is 5. The molecule has 0 radical (unpaired) electrons. The molecule has 0 bridgehead atoms. The van der Waals surface area contributed by atoms with Gasteiger partial charge >= 0.3 is 5.97 Å². The number of carboxylic acids is 1. The van der Waals surface area contributed by atoms with E-state index in [9.17, 15) is 39.0 Å². The van der Waals surface area contributed by atoms with E-state index < -0.39 is 66.1 Å². The van der Waals surface area contributed by atoms with Gasteiger partial charge in [0.15, 0.2) is 0 Å². The normalized spacial score (nSPS) is 17.3. The van der Waals surface area contributed by atoms with Crippen molar-refractivity contribution in [2.75, 3.05) is 6.54 Å². The highest BCUT2D eigenvalue weighted by Gasteiger charge is 2.38. The first kappa shape index (κ1) is 29.0. The van der Waals surface area contributed by atoms with Crippen molar-refractivity contribution in [1.29, 1.82) is 0 Å². The van der Waals surface area contributed by atoms with Gasteiger partial charge in [-0.1, -0.05) is 12.1 Å². The second-order valence-electron chi connectivity index (χ2n) is 8.80. The van der Waals surface area contributed by atoms with Crippen molar-refractivity contribution < 1.29 is 39.0 Å². The molecule has 1 aliphatic rings. The van der Waals surface area contributed by atoms with Gasteiger partial charge in [0.25, 0.3) is 0 Å². The second-order valence-corrected chi connectivity index (χ2v) is 8.80. The Kier molecular flexibility index (Phi) is 10.4. The van der Waals surface area contributed by atoms with Gasteiger partial charge in [-0.25, -0.2) is 4.79 Å². The molecule has 0 spiro atoms. The van der Waals surface area contributed by atoms with Crippen LogP contribution in [0, 0.1) is 0 Å². The van der Waals surface area contributed by atoms with E-state index in [1.54, 1.807) is 0 Å². The first-order valence-corrected chi connectivity index (χ1v) is 11.6. The average Bonchev–Trinajstić information content (AvgIpc) is 3.32. The molecule has 10 N–H and O–H groups in total. The molecule has 1 saturated heterocycles. The third kappa shape index (κ3) is 8.75. The molecule has 1 aromatic rings. The van der Waals surface area contributed by atoms with Crippen molar-refractivity contribution in [2.45, 2.75) is 62.7 Å². The highest BCUT2D eigenvalue weighted by molar-refractivity contribution is 5.96. The van der Waals surface area contributed by atoms with Crippen molar-refractivity contribution in [3.63, 3.8) is 0 Å². The first-order valence-electron chi connectivity index (χ1n) is 11.6. The van der Waals surface area contributed by atoms with E-state index in [1.165, 1.54) is 29.2 Å². The number of aliphatic carboxylic acids is 1. The largest absolute Gasteiger partial charge is 0.508 e. The Morgan fingerprint density at radius 1 is 1.00 bits per heavy atom. The number of primary amides is 2. The zero-order chi connectivity index (χ0) is 27.7. The van der Waals surface area contributed by atoms with Crippen LogP contribution >= 0.6 is 0 Å². The zero-order valence-electron chi connectivity index (χ0n) is 20.1. The number of carboxylic acid groups (broad SMARTS) is 1. The molecule has 1 aliphatic heterocycles. The first-order chi connectivity index (χ1) is 17.4. The van der Waals surface area contributed by atoms with Gasteiger partial charge in [-0.3, -0.25) is 24.0 Å². The Labute approximate surface area is 212 Å². The van der Waals surface area contributed by atoms with Gasteiger partial charge in [0, 0.05) is 19.4 Å². The minimum absolute atomic E-state index is 0.00329. The summed E-state index contributed by atoms with van der Waals surface area (Å²) in [4.78, 5) is 74.1. The molecule has 4 atom stereocenters. The number of benzene rings is 1. The number of phenols is 1. The van der Waals surface area contributed by atoms with Crippen LogP contribution in [0.2, 0.25) is 0 Å². The van der Waals surface area contributed by atoms with Crippen molar-refractivity contribution in [2.24, 2.45) is 17.2 Å². The van der Waals surface area contributed by atoms with Crippen LogP contribution in [0.25, 0.3) is 0 Å². The molecule has 37 heavy (non-hydrogen) atoms. The van der Waals surface area contributed by atoms with Gasteiger partial charge in [0.2, 0.25) is 29.5 Å². The number of nitrogens with one attached hydrogen (secondary N) is 2. The maximum atomic E-state index is 13.0. The van der Waals surface area contributed by atoms with Crippen LogP contribution in [0.3, 0.4) is 0 Å². The molecule has 0 aromatic heterocycles. The molecule has 1 fully saturated rings. The molecular formula is C23H32N6O8. The Morgan fingerprint density at radius 2 is 1.65 bits per heavy atom. The van der Waals surface area contributed by atoms with Gasteiger partial charge in [-0.2, -0.15) is 0 Å². The van der Waals surface area contributed by atoms with Crippen molar-refractivity contribution in [3.05, 3.63) is 29.8 Å². The number of phenolic OH excluding ortho intramolecular Hbond substituents is 1. The summed E-state index contributed by atoms with van der Waals surface area (Å²) in [5.41, 5.74) is 16.7. The zero-order valence-corrected chi connectivity index (χ0v) is 20.1. The third-order valence-electron chi connectivity index (χ3n) is 5.89. The summed E-state index contributed by atoms with van der Waals surface area (Å²) in [7, 11) is 0. The van der Waals surface area contributed by atoms with Gasteiger partial charge in [0.05, 0.1) is 12.5 Å². The minimum atomic E-state index is -1.49. The molecule has 14 heteroatoms. The van der Waals surface area contributed by atoms with Gasteiger partial charge in [-0.15, -0.1) is 0 Å². The molecule has 1 heterocycles. The molecule has 1 aromatic carbocycles. The van der Waals surface area contributed by atoms with Gasteiger partial charge in [-0.05, 0) is 37.0 Å². The van der Waals surface area contributed by atoms with Crippen molar-refractivity contribution in [3.8, 4) is 5.75 Å². The summed E-state index contributed by atoms with van der Waals surface area (Å²) in [5, 5.41) is 23.6. The quantitative estimate of drug-likeness (QED) is 0.144. The number of amides is 5. The average molecular weight is 521 g/mol. The maximum absolute atomic E-state index is 13.0. The lowest BCUT2D eigenvalue weighted by molar-refractivity contribution is -0.143. The smallest absolute Gasteiger partial charge is 0.326 e. The molecule has 4 unspecified atom stereocenters. The highest BCUT2D eigenvalue weighted by Crippen LogP contribution is 2.19. The third-order valence-corrected chi connectivity index (χ3v) is 5.89. The molecule has 5 amide bonds. The van der Waals surface area contributed by atoms with Crippen molar-refractivity contribution in [1.82, 2.24) is 15.5 Å². The Morgan fingerprint density at radius 3 is 2.22 bits per heavy atom. The lowest BCUT2D eigenvalue weighted by Gasteiger charge is -2.28. The number of hydrogen-bond acceptors (Lipinski definition) is 8. The van der Waals surface area contributed by atoms with E-state index in [2.05, 4.69) is 10.6 Å². The van der Waals surface area contributed by atoms with E-state index in [4.69, 9.17) is 17.2 Å². The SMILES string of the molecule is NC(=O)CCC(N)C(=O)N1CCCC1C(=O)NC(CC(N)=O)C(=O)NC(Cc1ccc(O)cc1)C(=O)O. The maximum Gasteiger partial charge on any atom is 0.326 e. The predicted octanol–water partition coefficient (Wildman–Crippen LogP) is -2.55. The molecule has 14 nitrogen and oxygen atoms in total. The Balaban J connectivity index is 2.10. The number of rotatable bonds is 13. The minimum Gasteiger partial charge on any atom is -0.508 e.